The van der Waals surface area contributed by atoms with Gasteiger partial charge in [0.2, 0.25) is 0 Å². The first-order valence-corrected chi connectivity index (χ1v) is 6.91. The van der Waals surface area contributed by atoms with Gasteiger partial charge >= 0.3 is 5.97 Å². The van der Waals surface area contributed by atoms with Crippen LogP contribution in [0.5, 0.6) is 0 Å². The summed E-state index contributed by atoms with van der Waals surface area (Å²) >= 11 is 3.27. The zero-order valence-electron chi connectivity index (χ0n) is 11.3. The molecule has 5 heteroatoms. The highest BCUT2D eigenvalue weighted by Gasteiger charge is 2.13. The maximum absolute atomic E-state index is 11.7. The van der Waals surface area contributed by atoms with E-state index in [1.807, 2.05) is 26.8 Å². The molecule has 19 heavy (non-hydrogen) atoms. The van der Waals surface area contributed by atoms with E-state index in [9.17, 15) is 9.59 Å². The van der Waals surface area contributed by atoms with E-state index in [4.69, 9.17) is 4.74 Å². The Labute approximate surface area is 121 Å². The number of carbonyl (C=O) groups excluding carboxylic acids is 2. The predicted molar refractivity (Wildman–Crippen MR) is 76.9 cm³/mol. The summed E-state index contributed by atoms with van der Waals surface area (Å²) in [5, 5.41) is 2.77. The molecule has 4 nitrogen and oxygen atoms in total. The van der Waals surface area contributed by atoms with E-state index in [0.717, 1.165) is 4.47 Å². The Hall–Kier alpha value is -1.36. The minimum atomic E-state index is -0.506. The third-order valence-corrected chi connectivity index (χ3v) is 3.28. The molecule has 0 aliphatic carbocycles. The second kappa shape index (κ2) is 7.28. The van der Waals surface area contributed by atoms with E-state index >= 15 is 0 Å². The number of ether oxygens (including phenoxy) is 1. The third-order valence-electron chi connectivity index (χ3n) is 2.78. The van der Waals surface area contributed by atoms with Crippen molar-refractivity contribution in [2.45, 2.75) is 26.8 Å². The monoisotopic (exact) mass is 327 g/mol. The molecule has 104 valence electrons. The molecule has 1 atom stereocenters. The van der Waals surface area contributed by atoms with E-state index in [0.29, 0.717) is 11.5 Å². The van der Waals surface area contributed by atoms with Crippen molar-refractivity contribution in [2.75, 3.05) is 6.61 Å². The van der Waals surface area contributed by atoms with Gasteiger partial charge in [0.25, 0.3) is 5.91 Å². The second-order valence-corrected chi connectivity index (χ2v) is 5.60. The molecule has 1 N–H and O–H groups in total. The van der Waals surface area contributed by atoms with Crippen molar-refractivity contribution in [1.82, 2.24) is 5.32 Å². The lowest BCUT2D eigenvalue weighted by molar-refractivity contribution is -0.125. The summed E-state index contributed by atoms with van der Waals surface area (Å²) in [7, 11) is 0. The van der Waals surface area contributed by atoms with Crippen LogP contribution in [0.15, 0.2) is 28.7 Å². The predicted octanol–water partition coefficient (Wildman–Crippen LogP) is 2.77. The molecular formula is C14H18BrNO3. The van der Waals surface area contributed by atoms with Crippen LogP contribution < -0.4 is 5.32 Å². The first-order chi connectivity index (χ1) is 8.90. The highest BCUT2D eigenvalue weighted by Crippen LogP contribution is 2.12. The van der Waals surface area contributed by atoms with Crippen molar-refractivity contribution in [3.63, 3.8) is 0 Å². The van der Waals surface area contributed by atoms with E-state index in [1.165, 1.54) is 0 Å². The van der Waals surface area contributed by atoms with Gasteiger partial charge in [-0.2, -0.15) is 0 Å². The fourth-order valence-corrected chi connectivity index (χ4v) is 1.69. The van der Waals surface area contributed by atoms with Crippen LogP contribution in [0, 0.1) is 5.92 Å². The van der Waals surface area contributed by atoms with Crippen LogP contribution in [-0.2, 0) is 9.53 Å². The molecule has 1 aromatic rings. The molecule has 0 saturated heterocycles. The molecule has 0 saturated carbocycles. The van der Waals surface area contributed by atoms with Crippen molar-refractivity contribution in [1.29, 1.82) is 0 Å². The smallest absolute Gasteiger partial charge is 0.338 e. The van der Waals surface area contributed by atoms with Crippen LogP contribution in [0.1, 0.15) is 31.1 Å². The highest BCUT2D eigenvalue weighted by molar-refractivity contribution is 9.10. The van der Waals surface area contributed by atoms with Gasteiger partial charge in [0.1, 0.15) is 0 Å². The summed E-state index contributed by atoms with van der Waals surface area (Å²) < 4.78 is 5.75. The van der Waals surface area contributed by atoms with E-state index in [1.54, 1.807) is 18.2 Å². The maximum Gasteiger partial charge on any atom is 0.338 e. The molecule has 0 fully saturated rings. The van der Waals surface area contributed by atoms with Crippen molar-refractivity contribution < 1.29 is 14.3 Å². The normalized spacial score (nSPS) is 12.1. The van der Waals surface area contributed by atoms with Gasteiger partial charge in [-0.1, -0.05) is 35.8 Å². The lowest BCUT2D eigenvalue weighted by Crippen LogP contribution is -2.38. The van der Waals surface area contributed by atoms with Crippen LogP contribution in [0.2, 0.25) is 0 Å². The quantitative estimate of drug-likeness (QED) is 0.846. The van der Waals surface area contributed by atoms with Crippen molar-refractivity contribution >= 4 is 27.8 Å². The van der Waals surface area contributed by atoms with Gasteiger partial charge in [-0.25, -0.2) is 4.79 Å². The zero-order valence-corrected chi connectivity index (χ0v) is 12.9. The maximum atomic E-state index is 11.7. The van der Waals surface area contributed by atoms with Crippen LogP contribution >= 0.6 is 15.9 Å². The van der Waals surface area contributed by atoms with Crippen molar-refractivity contribution in [2.24, 2.45) is 5.92 Å². The number of hydrogen-bond acceptors (Lipinski definition) is 3. The molecule has 0 aromatic heterocycles. The van der Waals surface area contributed by atoms with Crippen LogP contribution in [0.3, 0.4) is 0 Å². The van der Waals surface area contributed by atoms with E-state index in [2.05, 4.69) is 21.2 Å². The summed E-state index contributed by atoms with van der Waals surface area (Å²) in [6.45, 7) is 5.68. The van der Waals surface area contributed by atoms with Gasteiger partial charge in [-0.05, 0) is 31.0 Å². The molecule has 1 rings (SSSR count). The SMILES string of the molecule is CC(C)[C@H](C)NC(=O)COC(=O)c1cccc(Br)c1. The van der Waals surface area contributed by atoms with Gasteiger partial charge < -0.3 is 10.1 Å². The Balaban J connectivity index is 2.44. The number of hydrogen-bond donors (Lipinski definition) is 1. The molecule has 1 aromatic carbocycles. The molecule has 0 radical (unpaired) electrons. The number of esters is 1. The topological polar surface area (TPSA) is 55.4 Å². The van der Waals surface area contributed by atoms with Gasteiger partial charge in [0.05, 0.1) is 5.56 Å². The van der Waals surface area contributed by atoms with E-state index < -0.39 is 5.97 Å². The average molecular weight is 328 g/mol. The summed E-state index contributed by atoms with van der Waals surface area (Å²) in [6, 6.07) is 6.89. The Bertz CT molecular complexity index is 460. The van der Waals surface area contributed by atoms with E-state index in [-0.39, 0.29) is 18.6 Å². The Morgan fingerprint density at radius 1 is 1.32 bits per heavy atom. The fourth-order valence-electron chi connectivity index (χ4n) is 1.29. The summed E-state index contributed by atoms with van der Waals surface area (Å²) in [4.78, 5) is 23.3. The molecule has 0 aliphatic heterocycles. The first kappa shape index (κ1) is 15.7. The average Bonchev–Trinajstić information content (AvgIpc) is 2.35. The third kappa shape index (κ3) is 5.42. The lowest BCUT2D eigenvalue weighted by Gasteiger charge is -2.17. The molecule has 1 amide bonds. The molecular weight excluding hydrogens is 310 g/mol. The summed E-state index contributed by atoms with van der Waals surface area (Å²) in [6.07, 6.45) is 0. The lowest BCUT2D eigenvalue weighted by atomic mass is 10.1. The van der Waals surface area contributed by atoms with Crippen molar-refractivity contribution in [3.8, 4) is 0 Å². The molecule has 0 bridgehead atoms. The number of halogens is 1. The van der Waals surface area contributed by atoms with Gasteiger partial charge in [0, 0.05) is 10.5 Å². The molecule has 0 spiro atoms. The Kier molecular flexibility index (Phi) is 6.02. The number of nitrogens with one attached hydrogen (secondary N) is 1. The van der Waals surface area contributed by atoms with Gasteiger partial charge in [-0.15, -0.1) is 0 Å². The number of benzene rings is 1. The summed E-state index contributed by atoms with van der Waals surface area (Å²) in [5.41, 5.74) is 0.416. The molecule has 0 heterocycles. The standard InChI is InChI=1S/C14H18BrNO3/c1-9(2)10(3)16-13(17)8-19-14(18)11-5-4-6-12(15)7-11/h4-7,9-10H,8H2,1-3H3,(H,16,17)/t10-/m0/s1. The Morgan fingerprint density at radius 2 is 2.00 bits per heavy atom. The fraction of sp³-hybridized carbons (Fsp3) is 0.429. The summed E-state index contributed by atoms with van der Waals surface area (Å²) in [5.74, 6) is -0.456. The van der Waals surface area contributed by atoms with Crippen LogP contribution in [-0.4, -0.2) is 24.5 Å². The molecule has 0 aliphatic rings. The van der Waals surface area contributed by atoms with Crippen LogP contribution in [0.25, 0.3) is 0 Å². The largest absolute Gasteiger partial charge is 0.452 e. The minimum Gasteiger partial charge on any atom is -0.452 e. The Morgan fingerprint density at radius 3 is 2.58 bits per heavy atom. The molecule has 0 unspecified atom stereocenters. The number of carbonyl (C=O) groups is 2. The second-order valence-electron chi connectivity index (χ2n) is 4.69. The first-order valence-electron chi connectivity index (χ1n) is 6.12. The van der Waals surface area contributed by atoms with Gasteiger partial charge in [-0.3, -0.25) is 4.79 Å². The number of amides is 1. The van der Waals surface area contributed by atoms with Crippen LogP contribution in [0.4, 0.5) is 0 Å². The minimum absolute atomic E-state index is 0.0528. The zero-order chi connectivity index (χ0) is 14.4. The highest BCUT2D eigenvalue weighted by atomic mass is 79.9. The van der Waals surface area contributed by atoms with Crippen molar-refractivity contribution in [3.05, 3.63) is 34.3 Å². The van der Waals surface area contributed by atoms with Gasteiger partial charge in [0.15, 0.2) is 6.61 Å². The number of rotatable bonds is 5.